The van der Waals surface area contributed by atoms with Crippen molar-refractivity contribution >= 4 is 23.7 Å². The quantitative estimate of drug-likeness (QED) is 0.699. The van der Waals surface area contributed by atoms with Crippen molar-refractivity contribution in [3.05, 3.63) is 24.3 Å². The number of nitrogens with one attached hydrogen (secondary N) is 2. The molecule has 0 bridgehead atoms. The Labute approximate surface area is 168 Å². The Hall–Kier alpha value is -2.83. The maximum Gasteiger partial charge on any atom is 0.573 e. The van der Waals surface area contributed by atoms with Crippen LogP contribution < -0.4 is 15.4 Å². The standard InChI is InChI=1S/C16H19F3N6O3S/c1-9(12(26)20-13(27)21-15(2,3)4)29-14-22-23-24-25(14)10-5-7-11(8-6-10)28-16(17,18)19/h5-9H,1-4H3,(H2,20,21,26,27). The fraction of sp³-hybridized carbons (Fsp3) is 0.438. The number of carbonyl (C=O) groups excluding carboxylic acids is 2. The number of thioether (sulfide) groups is 1. The van der Waals surface area contributed by atoms with Gasteiger partial charge in [0.15, 0.2) is 0 Å². The number of alkyl halides is 3. The summed E-state index contributed by atoms with van der Waals surface area (Å²) in [6.07, 6.45) is -4.79. The van der Waals surface area contributed by atoms with Crippen LogP contribution in [0.5, 0.6) is 5.75 Å². The SMILES string of the molecule is CC(Sc1nnnn1-c1ccc(OC(F)(F)F)cc1)C(=O)NC(=O)NC(C)(C)C. The van der Waals surface area contributed by atoms with Crippen molar-refractivity contribution in [2.75, 3.05) is 0 Å². The zero-order chi connectivity index (χ0) is 21.8. The molecule has 0 radical (unpaired) electrons. The van der Waals surface area contributed by atoms with Gasteiger partial charge in [-0.15, -0.1) is 18.3 Å². The van der Waals surface area contributed by atoms with Gasteiger partial charge >= 0.3 is 12.4 Å². The minimum Gasteiger partial charge on any atom is -0.406 e. The number of amides is 3. The number of ether oxygens (including phenoxy) is 1. The number of tetrazole rings is 1. The molecule has 9 nitrogen and oxygen atoms in total. The van der Waals surface area contributed by atoms with Crippen LogP contribution in [0.1, 0.15) is 27.7 Å². The molecule has 2 N–H and O–H groups in total. The highest BCUT2D eigenvalue weighted by atomic mass is 32.2. The number of imide groups is 1. The minimum absolute atomic E-state index is 0.216. The summed E-state index contributed by atoms with van der Waals surface area (Å²) < 4.78 is 41.8. The highest BCUT2D eigenvalue weighted by Crippen LogP contribution is 2.26. The van der Waals surface area contributed by atoms with Crippen molar-refractivity contribution in [3.8, 4) is 11.4 Å². The fourth-order valence-corrected chi connectivity index (χ4v) is 2.81. The summed E-state index contributed by atoms with van der Waals surface area (Å²) in [4.78, 5) is 24.0. The van der Waals surface area contributed by atoms with Crippen LogP contribution >= 0.6 is 11.8 Å². The van der Waals surface area contributed by atoms with Crippen LogP contribution in [-0.2, 0) is 4.79 Å². The summed E-state index contributed by atoms with van der Waals surface area (Å²) in [5.41, 5.74) is -0.141. The molecule has 2 aromatic rings. The summed E-state index contributed by atoms with van der Waals surface area (Å²) in [6.45, 7) is 6.88. The molecule has 0 fully saturated rings. The average Bonchev–Trinajstić information content (AvgIpc) is 3.00. The molecule has 2 rings (SSSR count). The molecule has 3 amide bonds. The van der Waals surface area contributed by atoms with Crippen molar-refractivity contribution in [2.24, 2.45) is 0 Å². The van der Waals surface area contributed by atoms with Crippen LogP contribution in [0.4, 0.5) is 18.0 Å². The van der Waals surface area contributed by atoms with Crippen molar-refractivity contribution in [1.29, 1.82) is 0 Å². The lowest BCUT2D eigenvalue weighted by Crippen LogP contribution is -2.49. The third kappa shape index (κ3) is 7.25. The monoisotopic (exact) mass is 432 g/mol. The largest absolute Gasteiger partial charge is 0.573 e. The van der Waals surface area contributed by atoms with E-state index in [1.807, 2.05) is 0 Å². The number of nitrogens with zero attached hydrogens (tertiary/aromatic N) is 4. The van der Waals surface area contributed by atoms with Gasteiger partial charge in [0.2, 0.25) is 11.1 Å². The third-order valence-electron chi connectivity index (χ3n) is 3.13. The van der Waals surface area contributed by atoms with Gasteiger partial charge in [0.25, 0.3) is 0 Å². The molecule has 0 aliphatic heterocycles. The Morgan fingerprint density at radius 3 is 2.34 bits per heavy atom. The zero-order valence-corrected chi connectivity index (χ0v) is 16.8. The molecule has 0 saturated carbocycles. The van der Waals surface area contributed by atoms with Crippen molar-refractivity contribution < 1.29 is 27.5 Å². The normalized spacial score (nSPS) is 12.9. The molecule has 29 heavy (non-hydrogen) atoms. The Morgan fingerprint density at radius 2 is 1.79 bits per heavy atom. The van der Waals surface area contributed by atoms with Gasteiger partial charge < -0.3 is 10.1 Å². The van der Waals surface area contributed by atoms with E-state index in [1.54, 1.807) is 27.7 Å². The van der Waals surface area contributed by atoms with E-state index >= 15 is 0 Å². The molecular formula is C16H19F3N6O3S. The molecule has 0 aliphatic carbocycles. The summed E-state index contributed by atoms with van der Waals surface area (Å²) >= 11 is 0.978. The summed E-state index contributed by atoms with van der Waals surface area (Å²) in [6, 6.07) is 4.28. The van der Waals surface area contributed by atoms with Crippen molar-refractivity contribution in [2.45, 2.75) is 50.0 Å². The summed E-state index contributed by atoms with van der Waals surface area (Å²) in [5.74, 6) is -0.943. The van der Waals surface area contributed by atoms with E-state index in [4.69, 9.17) is 0 Å². The molecule has 1 aromatic heterocycles. The lowest BCUT2D eigenvalue weighted by atomic mass is 10.1. The van der Waals surface area contributed by atoms with E-state index in [-0.39, 0.29) is 10.9 Å². The predicted molar refractivity (Wildman–Crippen MR) is 97.6 cm³/mol. The van der Waals surface area contributed by atoms with E-state index in [1.165, 1.54) is 16.8 Å². The first-order valence-corrected chi connectivity index (χ1v) is 9.16. The van der Waals surface area contributed by atoms with E-state index in [9.17, 15) is 22.8 Å². The Morgan fingerprint density at radius 1 is 1.17 bits per heavy atom. The van der Waals surface area contributed by atoms with Gasteiger partial charge in [-0.05, 0) is 62.4 Å². The van der Waals surface area contributed by atoms with Gasteiger partial charge in [0.05, 0.1) is 10.9 Å². The fourth-order valence-electron chi connectivity index (χ4n) is 2.00. The Bertz CT molecular complexity index is 864. The molecule has 0 aliphatic rings. The number of hydrogen-bond donors (Lipinski definition) is 2. The molecule has 13 heteroatoms. The molecule has 1 atom stereocenters. The van der Waals surface area contributed by atoms with Crippen molar-refractivity contribution in [1.82, 2.24) is 30.8 Å². The smallest absolute Gasteiger partial charge is 0.406 e. The average molecular weight is 432 g/mol. The number of carbonyl (C=O) groups is 2. The maximum absolute atomic E-state index is 12.3. The van der Waals surface area contributed by atoms with Gasteiger partial charge in [-0.25, -0.2) is 4.79 Å². The van der Waals surface area contributed by atoms with Crippen LogP contribution in [0, 0.1) is 0 Å². The van der Waals surface area contributed by atoms with Gasteiger partial charge in [0, 0.05) is 5.54 Å². The molecule has 1 aromatic carbocycles. The van der Waals surface area contributed by atoms with Crippen LogP contribution in [0.25, 0.3) is 5.69 Å². The predicted octanol–water partition coefficient (Wildman–Crippen LogP) is 2.67. The van der Waals surface area contributed by atoms with E-state index in [2.05, 4.69) is 30.9 Å². The van der Waals surface area contributed by atoms with Gasteiger partial charge in [-0.3, -0.25) is 10.1 Å². The molecule has 1 heterocycles. The van der Waals surface area contributed by atoms with E-state index < -0.39 is 29.1 Å². The summed E-state index contributed by atoms with van der Waals surface area (Å²) in [7, 11) is 0. The van der Waals surface area contributed by atoms with Crippen LogP contribution in [0.3, 0.4) is 0 Å². The lowest BCUT2D eigenvalue weighted by Gasteiger charge is -2.21. The van der Waals surface area contributed by atoms with Gasteiger partial charge in [0.1, 0.15) is 5.75 Å². The molecule has 0 spiro atoms. The Kier molecular flexibility index (Phi) is 6.72. The maximum atomic E-state index is 12.3. The van der Waals surface area contributed by atoms with Crippen molar-refractivity contribution in [3.63, 3.8) is 0 Å². The zero-order valence-electron chi connectivity index (χ0n) is 15.9. The highest BCUT2D eigenvalue weighted by molar-refractivity contribution is 8.00. The number of halogens is 3. The lowest BCUT2D eigenvalue weighted by molar-refractivity contribution is -0.274. The second-order valence-corrected chi connectivity index (χ2v) is 8.18. The first-order valence-electron chi connectivity index (χ1n) is 8.28. The number of rotatable bonds is 5. The second kappa shape index (κ2) is 8.68. The third-order valence-corrected chi connectivity index (χ3v) is 4.17. The molecular weight excluding hydrogens is 413 g/mol. The van der Waals surface area contributed by atoms with Gasteiger partial charge in [-0.1, -0.05) is 11.8 Å². The molecule has 1 unspecified atom stereocenters. The van der Waals surface area contributed by atoms with E-state index in [0.29, 0.717) is 5.69 Å². The van der Waals surface area contributed by atoms with Crippen LogP contribution in [-0.4, -0.2) is 49.3 Å². The summed E-state index contributed by atoms with van der Waals surface area (Å²) in [5, 5.41) is 15.4. The number of aromatic nitrogens is 4. The molecule has 0 saturated heterocycles. The number of benzene rings is 1. The van der Waals surface area contributed by atoms with Crippen LogP contribution in [0.15, 0.2) is 29.4 Å². The first kappa shape index (κ1) is 22.5. The minimum atomic E-state index is -4.79. The highest BCUT2D eigenvalue weighted by Gasteiger charge is 2.31. The first-order chi connectivity index (χ1) is 13.3. The topological polar surface area (TPSA) is 111 Å². The Balaban J connectivity index is 2.04. The number of urea groups is 1. The van der Waals surface area contributed by atoms with Gasteiger partial charge in [-0.2, -0.15) is 4.68 Å². The van der Waals surface area contributed by atoms with E-state index in [0.717, 1.165) is 23.9 Å². The second-order valence-electron chi connectivity index (χ2n) is 6.87. The molecule has 158 valence electrons. The van der Waals surface area contributed by atoms with Crippen LogP contribution in [0.2, 0.25) is 0 Å². The number of hydrogen-bond acceptors (Lipinski definition) is 7.